The Hall–Kier alpha value is -0.540. The summed E-state index contributed by atoms with van der Waals surface area (Å²) in [6.45, 7) is 23.7. The third kappa shape index (κ3) is 25.4. The van der Waals surface area contributed by atoms with Crippen molar-refractivity contribution in [3.63, 3.8) is 0 Å². The summed E-state index contributed by atoms with van der Waals surface area (Å²) in [5.74, 6) is 0. The van der Waals surface area contributed by atoms with E-state index in [0.29, 0.717) is 18.5 Å². The topological polar surface area (TPSA) is 56.1 Å². The zero-order chi connectivity index (χ0) is 22.1. The predicted octanol–water partition coefficient (Wildman–Crippen LogP) is 1.55. The molecule has 0 spiro atoms. The summed E-state index contributed by atoms with van der Waals surface area (Å²) in [6.07, 6.45) is 1.09. The highest BCUT2D eigenvalue weighted by atomic mass is 79.9. The van der Waals surface area contributed by atoms with Crippen molar-refractivity contribution in [2.75, 3.05) is 64.4 Å². The van der Waals surface area contributed by atoms with Gasteiger partial charge in [0.25, 0.3) is 0 Å². The van der Waals surface area contributed by atoms with Crippen molar-refractivity contribution in [3.8, 4) is 6.07 Å². The largest absolute Gasteiger partial charge is 1.00 e. The van der Waals surface area contributed by atoms with Crippen LogP contribution in [-0.4, -0.2) is 84.1 Å². The number of halogens is 2. The van der Waals surface area contributed by atoms with Gasteiger partial charge in [0.1, 0.15) is 6.54 Å². The fraction of sp³-hybridized carbons (Fsp3) is 0.789. The maximum absolute atomic E-state index is 7.58. The number of rotatable bonds is 12. The molecule has 0 heterocycles. The third-order valence-electron chi connectivity index (χ3n) is 4.23. The molecule has 0 bridgehead atoms. The maximum atomic E-state index is 7.58. The summed E-state index contributed by atoms with van der Waals surface area (Å²) in [5.41, 5.74) is 0. The third-order valence-corrected chi connectivity index (χ3v) is 4.74. The van der Waals surface area contributed by atoms with Crippen LogP contribution in [0.3, 0.4) is 0 Å². The zero-order valence-electron chi connectivity index (χ0n) is 18.0. The number of nitrogens with zero attached hydrogens (tertiary/aromatic N) is 6. The number of hydrogen-bond acceptors (Lipinski definition) is 6. The quantitative estimate of drug-likeness (QED) is 0.0893. The second-order valence-corrected chi connectivity index (χ2v) is 6.54. The maximum Gasteiger partial charge on any atom is 0.339 e. The van der Waals surface area contributed by atoms with Crippen LogP contribution in [0.5, 0.6) is 0 Å². The molecule has 0 aromatic heterocycles. The van der Waals surface area contributed by atoms with Gasteiger partial charge in [0, 0.05) is 0 Å². The van der Waals surface area contributed by atoms with Gasteiger partial charge in [-0.15, -0.1) is 0 Å². The Morgan fingerprint density at radius 1 is 1.07 bits per heavy atom. The summed E-state index contributed by atoms with van der Waals surface area (Å²) in [6, 6.07) is 1.85. The molecule has 0 amide bonds. The number of likely N-dealkylation sites (N-methyl/N-ethyl adjacent to an activating group) is 1. The standard InChI is InChI=1S/C9H16N3S.C8H16N2S.C2H2BrN.BrH/c1-4-12(5-2,8-10-3)7-6-11-9-13;1-3-10(4-2)7-5-6-9-8-11;3-1-2-4;/h4-8H2,1-2H3;3-7H2,1-2H3;1H2;1H/q+1;;;/p-1. The number of hydrogen-bond donors (Lipinski definition) is 0. The van der Waals surface area contributed by atoms with E-state index < -0.39 is 0 Å². The molecule has 166 valence electrons. The molecule has 0 atom stereocenters. The minimum atomic E-state index is 0. The molecule has 0 aliphatic rings. The molecule has 0 aliphatic carbocycles. The second-order valence-electron chi connectivity index (χ2n) is 5.62. The highest BCUT2D eigenvalue weighted by Gasteiger charge is 2.24. The lowest BCUT2D eigenvalue weighted by atomic mass is 10.3. The normalized spacial score (nSPS) is 8.97. The molecular weight excluding hydrogens is 536 g/mol. The van der Waals surface area contributed by atoms with Crippen LogP contribution in [0, 0.1) is 17.9 Å². The monoisotopic (exact) mass is 568 g/mol. The zero-order valence-corrected chi connectivity index (χ0v) is 22.8. The minimum Gasteiger partial charge on any atom is -1.00 e. The van der Waals surface area contributed by atoms with Crippen LogP contribution >= 0.6 is 40.4 Å². The van der Waals surface area contributed by atoms with Gasteiger partial charge < -0.3 is 21.9 Å². The molecule has 0 aromatic carbocycles. The van der Waals surface area contributed by atoms with Gasteiger partial charge in [-0.3, -0.25) is 9.33 Å². The summed E-state index contributed by atoms with van der Waals surface area (Å²) in [4.78, 5) is 13.6. The molecule has 6 nitrogen and oxygen atoms in total. The van der Waals surface area contributed by atoms with Gasteiger partial charge in [-0.05, 0) is 64.3 Å². The van der Waals surface area contributed by atoms with Gasteiger partial charge in [-0.1, -0.05) is 29.8 Å². The van der Waals surface area contributed by atoms with Crippen LogP contribution in [0.15, 0.2) is 9.98 Å². The van der Waals surface area contributed by atoms with Crippen molar-refractivity contribution >= 4 is 50.7 Å². The molecule has 0 rings (SSSR count). The number of nitriles is 1. The number of isothiocyanates is 2. The van der Waals surface area contributed by atoms with Crippen LogP contribution < -0.4 is 17.0 Å². The minimum absolute atomic E-state index is 0. The first-order chi connectivity index (χ1) is 13.5. The van der Waals surface area contributed by atoms with E-state index in [-0.39, 0.29) is 17.0 Å². The lowest BCUT2D eigenvalue weighted by molar-refractivity contribution is -0.918. The Labute approximate surface area is 207 Å². The number of aliphatic imine (C=N–C) groups is 2. The Bertz CT molecular complexity index is 528. The molecule has 29 heavy (non-hydrogen) atoms. The van der Waals surface area contributed by atoms with Crippen molar-refractivity contribution in [3.05, 3.63) is 11.4 Å². The van der Waals surface area contributed by atoms with Gasteiger partial charge in [-0.2, -0.15) is 5.26 Å². The molecule has 0 N–H and O–H groups in total. The molecule has 0 aromatic rings. The summed E-state index contributed by atoms with van der Waals surface area (Å²) in [7, 11) is 0. The van der Waals surface area contributed by atoms with Crippen LogP contribution in [0.25, 0.3) is 4.85 Å². The van der Waals surface area contributed by atoms with Crippen molar-refractivity contribution in [1.29, 1.82) is 5.26 Å². The van der Waals surface area contributed by atoms with Gasteiger partial charge in [0.15, 0.2) is 0 Å². The Balaban J connectivity index is -0.000000178. The lowest BCUT2D eigenvalue weighted by Gasteiger charge is -2.30. The van der Waals surface area contributed by atoms with Crippen LogP contribution in [-0.2, 0) is 0 Å². The molecule has 0 saturated heterocycles. The SMILES string of the molecule is CCN(CC)CCCN=C=S.N#CCBr.[Br-].[C-]#[N+]C[N+](CC)(CC)CCN=C=S. The highest BCUT2D eigenvalue weighted by Crippen LogP contribution is 2.05. The first kappa shape index (κ1) is 35.9. The van der Waals surface area contributed by atoms with E-state index in [1.54, 1.807) is 0 Å². The van der Waals surface area contributed by atoms with Crippen molar-refractivity contribution in [1.82, 2.24) is 4.90 Å². The van der Waals surface area contributed by atoms with Gasteiger partial charge in [-0.25, -0.2) is 16.6 Å². The number of thiocarbonyl (C=S) groups is 2. The van der Waals surface area contributed by atoms with Crippen LogP contribution in [0.1, 0.15) is 34.1 Å². The molecule has 0 saturated carbocycles. The van der Waals surface area contributed by atoms with Crippen molar-refractivity contribution in [2.45, 2.75) is 34.1 Å². The average molecular weight is 570 g/mol. The first-order valence-electron chi connectivity index (χ1n) is 9.41. The van der Waals surface area contributed by atoms with E-state index in [2.05, 4.69) is 98.1 Å². The van der Waals surface area contributed by atoms with Gasteiger partial charge in [0.05, 0.1) is 47.9 Å². The molecule has 0 aliphatic heterocycles. The van der Waals surface area contributed by atoms with Crippen molar-refractivity contribution < 1.29 is 21.5 Å². The molecule has 0 fully saturated rings. The van der Waals surface area contributed by atoms with Crippen molar-refractivity contribution in [2.24, 2.45) is 9.98 Å². The molecule has 0 unspecified atom stereocenters. The van der Waals surface area contributed by atoms with Gasteiger partial charge in [0.2, 0.25) is 0 Å². The Kier molecular flexibility index (Phi) is 36.7. The van der Waals surface area contributed by atoms with E-state index in [9.17, 15) is 0 Å². The summed E-state index contributed by atoms with van der Waals surface area (Å²) < 4.78 is 0.810. The highest BCUT2D eigenvalue weighted by molar-refractivity contribution is 9.09. The Morgan fingerprint density at radius 2 is 1.55 bits per heavy atom. The van der Waals surface area contributed by atoms with Gasteiger partial charge >= 0.3 is 6.67 Å². The van der Waals surface area contributed by atoms with Crippen LogP contribution in [0.4, 0.5) is 0 Å². The van der Waals surface area contributed by atoms with E-state index >= 15 is 0 Å². The number of quaternary nitrogens is 1. The molecule has 10 heteroatoms. The van der Waals surface area contributed by atoms with E-state index in [4.69, 9.17) is 11.8 Å². The summed E-state index contributed by atoms with van der Waals surface area (Å²) >= 11 is 11.8. The molecule has 0 radical (unpaired) electrons. The van der Waals surface area contributed by atoms with Crippen LogP contribution in [0.2, 0.25) is 0 Å². The number of alkyl halides is 1. The molecular formula is C19H34Br2N6S2. The first-order valence-corrected chi connectivity index (χ1v) is 11.4. The second kappa shape index (κ2) is 29.7. The predicted molar refractivity (Wildman–Crippen MR) is 129 cm³/mol. The van der Waals surface area contributed by atoms with E-state index in [1.807, 2.05) is 6.07 Å². The average Bonchev–Trinajstić information content (AvgIpc) is 2.74. The fourth-order valence-corrected chi connectivity index (χ4v) is 2.41. The Morgan fingerprint density at radius 3 is 1.90 bits per heavy atom. The summed E-state index contributed by atoms with van der Waals surface area (Å²) in [5, 5.41) is 12.7. The fourth-order valence-electron chi connectivity index (χ4n) is 2.23. The van der Waals surface area contributed by atoms with E-state index in [0.717, 1.165) is 56.7 Å². The lowest BCUT2D eigenvalue weighted by Crippen LogP contribution is -3.00. The van der Waals surface area contributed by atoms with E-state index in [1.165, 1.54) is 0 Å². The smallest absolute Gasteiger partial charge is 0.339 e.